The summed E-state index contributed by atoms with van der Waals surface area (Å²) in [5.74, 6) is 2.91. The summed E-state index contributed by atoms with van der Waals surface area (Å²) in [5, 5.41) is 0. The van der Waals surface area contributed by atoms with Gasteiger partial charge in [0.1, 0.15) is 30.5 Å². The molecule has 0 atom stereocenters. The highest BCUT2D eigenvalue weighted by atomic mass is 16.6. The highest BCUT2D eigenvalue weighted by Gasteiger charge is 2.14. The molecule has 3 aromatic rings. The van der Waals surface area contributed by atoms with E-state index >= 15 is 0 Å². The second-order valence-electron chi connectivity index (χ2n) is 6.02. The predicted molar refractivity (Wildman–Crippen MR) is 99.7 cm³/mol. The van der Waals surface area contributed by atoms with E-state index in [2.05, 4.69) is 0 Å². The molecular formula is C22H18O5. The maximum atomic E-state index is 12.2. The maximum absolute atomic E-state index is 12.2. The van der Waals surface area contributed by atoms with Crippen LogP contribution in [0.4, 0.5) is 0 Å². The van der Waals surface area contributed by atoms with Gasteiger partial charge in [-0.15, -0.1) is 0 Å². The van der Waals surface area contributed by atoms with Gasteiger partial charge in [-0.3, -0.25) is 4.79 Å². The first-order valence-electron chi connectivity index (χ1n) is 8.68. The summed E-state index contributed by atoms with van der Waals surface area (Å²) < 4.78 is 22.1. The third kappa shape index (κ3) is 4.39. The maximum Gasteiger partial charge on any atom is 0.315 e. The van der Waals surface area contributed by atoms with Crippen LogP contribution in [0.3, 0.4) is 0 Å². The molecular weight excluding hydrogens is 344 g/mol. The molecule has 0 fully saturated rings. The quantitative estimate of drug-likeness (QED) is 0.497. The van der Waals surface area contributed by atoms with Crippen molar-refractivity contribution in [2.24, 2.45) is 0 Å². The van der Waals surface area contributed by atoms with Gasteiger partial charge >= 0.3 is 5.97 Å². The molecule has 1 aliphatic rings. The summed E-state index contributed by atoms with van der Waals surface area (Å²) in [6.45, 7) is 1.05. The van der Waals surface area contributed by atoms with Crippen LogP contribution in [0.15, 0.2) is 72.8 Å². The van der Waals surface area contributed by atoms with E-state index in [0.717, 1.165) is 11.3 Å². The first kappa shape index (κ1) is 17.0. The van der Waals surface area contributed by atoms with Gasteiger partial charge in [-0.2, -0.15) is 0 Å². The molecule has 0 aliphatic carbocycles. The number of para-hydroxylation sites is 1. The Balaban J connectivity index is 1.35. The van der Waals surface area contributed by atoms with Crippen molar-refractivity contribution in [3.8, 4) is 28.7 Å². The minimum Gasteiger partial charge on any atom is -0.486 e. The molecule has 3 aromatic carbocycles. The van der Waals surface area contributed by atoms with E-state index in [1.54, 1.807) is 24.3 Å². The normalized spacial score (nSPS) is 12.3. The second kappa shape index (κ2) is 7.83. The Kier molecular flexibility index (Phi) is 4.92. The zero-order valence-corrected chi connectivity index (χ0v) is 14.6. The Hall–Kier alpha value is -3.47. The lowest BCUT2D eigenvalue weighted by Gasteiger charge is -2.18. The van der Waals surface area contributed by atoms with Crippen molar-refractivity contribution in [3.63, 3.8) is 0 Å². The summed E-state index contributed by atoms with van der Waals surface area (Å²) in [7, 11) is 0. The van der Waals surface area contributed by atoms with Gasteiger partial charge in [-0.25, -0.2) is 0 Å². The average molecular weight is 362 g/mol. The van der Waals surface area contributed by atoms with Crippen molar-refractivity contribution in [2.45, 2.75) is 6.42 Å². The number of hydrogen-bond donors (Lipinski definition) is 0. The highest BCUT2D eigenvalue weighted by molar-refractivity contribution is 5.75. The number of carbonyl (C=O) groups excluding carboxylic acids is 1. The number of ether oxygens (including phenoxy) is 4. The van der Waals surface area contributed by atoms with Gasteiger partial charge in [0.15, 0.2) is 11.5 Å². The summed E-state index contributed by atoms with van der Waals surface area (Å²) in [4.78, 5) is 12.2. The van der Waals surface area contributed by atoms with E-state index in [0.29, 0.717) is 36.2 Å². The van der Waals surface area contributed by atoms with Gasteiger partial charge in [-0.1, -0.05) is 24.3 Å². The smallest absolute Gasteiger partial charge is 0.315 e. The molecule has 0 N–H and O–H groups in total. The molecule has 0 bridgehead atoms. The summed E-state index contributed by atoms with van der Waals surface area (Å²) >= 11 is 0. The van der Waals surface area contributed by atoms with Gasteiger partial charge in [-0.05, 0) is 54.1 Å². The predicted octanol–water partition coefficient (Wildman–Crippen LogP) is 4.40. The zero-order chi connectivity index (χ0) is 18.5. The van der Waals surface area contributed by atoms with Crippen LogP contribution in [-0.4, -0.2) is 19.2 Å². The molecule has 0 unspecified atom stereocenters. The number of rotatable bonds is 5. The standard InChI is InChI=1S/C22H18O5/c23-22(15-16-6-11-20-21(14-16)25-13-12-24-20)27-19-9-7-18(8-10-19)26-17-4-2-1-3-5-17/h1-11,14H,12-13,15H2. The van der Waals surface area contributed by atoms with Crippen molar-refractivity contribution in [2.75, 3.05) is 13.2 Å². The van der Waals surface area contributed by atoms with E-state index in [9.17, 15) is 4.79 Å². The monoisotopic (exact) mass is 362 g/mol. The van der Waals surface area contributed by atoms with Crippen molar-refractivity contribution in [1.29, 1.82) is 0 Å². The molecule has 0 radical (unpaired) electrons. The number of carbonyl (C=O) groups is 1. The minimum atomic E-state index is -0.344. The first-order valence-corrected chi connectivity index (χ1v) is 8.68. The SMILES string of the molecule is O=C(Cc1ccc2c(c1)OCCO2)Oc1ccc(Oc2ccccc2)cc1. The Morgan fingerprint density at radius 2 is 1.44 bits per heavy atom. The fraction of sp³-hybridized carbons (Fsp3) is 0.136. The molecule has 0 saturated heterocycles. The molecule has 27 heavy (non-hydrogen) atoms. The molecule has 136 valence electrons. The van der Waals surface area contributed by atoms with Crippen molar-refractivity contribution < 1.29 is 23.7 Å². The van der Waals surface area contributed by atoms with Gasteiger partial charge in [0, 0.05) is 0 Å². The Labute approximate surface area is 157 Å². The van der Waals surface area contributed by atoms with Crippen LogP contribution in [0.25, 0.3) is 0 Å². The van der Waals surface area contributed by atoms with E-state index in [1.807, 2.05) is 48.5 Å². The largest absolute Gasteiger partial charge is 0.486 e. The topological polar surface area (TPSA) is 54.0 Å². The lowest BCUT2D eigenvalue weighted by molar-refractivity contribution is -0.133. The second-order valence-corrected chi connectivity index (χ2v) is 6.02. The Morgan fingerprint density at radius 3 is 2.22 bits per heavy atom. The van der Waals surface area contributed by atoms with Crippen LogP contribution in [0.2, 0.25) is 0 Å². The molecule has 4 rings (SSSR count). The van der Waals surface area contributed by atoms with Gasteiger partial charge in [0.05, 0.1) is 6.42 Å². The summed E-state index contributed by atoms with van der Waals surface area (Å²) in [5.41, 5.74) is 0.813. The van der Waals surface area contributed by atoms with Crippen LogP contribution in [0.5, 0.6) is 28.7 Å². The molecule has 0 spiro atoms. The molecule has 1 heterocycles. The highest BCUT2D eigenvalue weighted by Crippen LogP contribution is 2.31. The molecule has 0 saturated carbocycles. The minimum absolute atomic E-state index is 0.152. The third-order valence-corrected chi connectivity index (χ3v) is 3.99. The van der Waals surface area contributed by atoms with Crippen LogP contribution in [0, 0.1) is 0 Å². The lowest BCUT2D eigenvalue weighted by Crippen LogP contribution is -2.16. The number of benzene rings is 3. The summed E-state index contributed by atoms with van der Waals surface area (Å²) in [6.07, 6.45) is 0.152. The van der Waals surface area contributed by atoms with Crippen molar-refractivity contribution >= 4 is 5.97 Å². The number of esters is 1. The molecule has 0 amide bonds. The van der Waals surface area contributed by atoms with Crippen LogP contribution < -0.4 is 18.9 Å². The van der Waals surface area contributed by atoms with Crippen LogP contribution >= 0.6 is 0 Å². The fourth-order valence-electron chi connectivity index (χ4n) is 2.73. The van der Waals surface area contributed by atoms with E-state index in [-0.39, 0.29) is 12.4 Å². The lowest BCUT2D eigenvalue weighted by atomic mass is 10.1. The Morgan fingerprint density at radius 1 is 0.778 bits per heavy atom. The first-order chi connectivity index (χ1) is 13.3. The van der Waals surface area contributed by atoms with Crippen LogP contribution in [-0.2, 0) is 11.2 Å². The fourth-order valence-corrected chi connectivity index (χ4v) is 2.73. The number of fused-ring (bicyclic) bond motifs is 1. The molecule has 1 aliphatic heterocycles. The van der Waals surface area contributed by atoms with Crippen molar-refractivity contribution in [1.82, 2.24) is 0 Å². The zero-order valence-electron chi connectivity index (χ0n) is 14.6. The van der Waals surface area contributed by atoms with Gasteiger partial charge in [0.2, 0.25) is 0 Å². The molecule has 5 nitrogen and oxygen atoms in total. The van der Waals surface area contributed by atoms with Crippen LogP contribution in [0.1, 0.15) is 5.56 Å². The van der Waals surface area contributed by atoms with Crippen molar-refractivity contribution in [3.05, 3.63) is 78.4 Å². The molecule has 0 aromatic heterocycles. The summed E-state index contributed by atoms with van der Waals surface area (Å²) in [6, 6.07) is 21.9. The van der Waals surface area contributed by atoms with E-state index < -0.39 is 0 Å². The Bertz CT molecular complexity index is 919. The number of hydrogen-bond acceptors (Lipinski definition) is 5. The van der Waals surface area contributed by atoms with Gasteiger partial charge < -0.3 is 18.9 Å². The van der Waals surface area contributed by atoms with E-state index in [1.165, 1.54) is 0 Å². The van der Waals surface area contributed by atoms with E-state index in [4.69, 9.17) is 18.9 Å². The average Bonchev–Trinajstić information content (AvgIpc) is 2.70. The molecule has 5 heteroatoms. The third-order valence-electron chi connectivity index (χ3n) is 3.99. The van der Waals surface area contributed by atoms with Gasteiger partial charge in [0.25, 0.3) is 0 Å².